The number of rotatable bonds is 2. The third-order valence-corrected chi connectivity index (χ3v) is 3.62. The van der Waals surface area contributed by atoms with Crippen LogP contribution in [0.2, 0.25) is 10.0 Å². The Bertz CT molecular complexity index is 610. The molecular formula is C11H6Cl2F3IN2. The average molecular weight is 421 g/mol. The number of alkyl halides is 3. The van der Waals surface area contributed by atoms with E-state index in [-0.39, 0.29) is 0 Å². The van der Waals surface area contributed by atoms with E-state index in [1.807, 2.05) is 22.6 Å². The zero-order chi connectivity index (χ0) is 14.2. The van der Waals surface area contributed by atoms with Crippen molar-refractivity contribution in [3.8, 4) is 11.1 Å². The van der Waals surface area contributed by atoms with Gasteiger partial charge in [-0.05, 0) is 34.7 Å². The quantitative estimate of drug-likeness (QED) is 0.623. The summed E-state index contributed by atoms with van der Waals surface area (Å²) in [7, 11) is 0. The van der Waals surface area contributed by atoms with Gasteiger partial charge in [0.2, 0.25) is 0 Å². The maximum atomic E-state index is 12.3. The normalized spacial score (nSPS) is 11.9. The molecule has 0 unspecified atom stereocenters. The molecule has 0 aliphatic rings. The third-order valence-electron chi connectivity index (χ3n) is 2.28. The maximum absolute atomic E-state index is 12.3. The van der Waals surface area contributed by atoms with Crippen LogP contribution in [-0.4, -0.2) is 16.0 Å². The SMILES string of the molecule is FC(F)(F)Cn1cc(-c2ccc(Cl)cc2Cl)c(I)n1. The predicted octanol–water partition coefficient (Wildman–Crippen LogP) is 5.02. The van der Waals surface area contributed by atoms with Gasteiger partial charge in [-0.25, -0.2) is 0 Å². The number of nitrogens with zero attached hydrogens (tertiary/aromatic N) is 2. The fourth-order valence-corrected chi connectivity index (χ4v) is 2.77. The van der Waals surface area contributed by atoms with E-state index in [2.05, 4.69) is 5.10 Å². The molecule has 0 saturated heterocycles. The first kappa shape index (κ1) is 14.9. The maximum Gasteiger partial charge on any atom is 0.408 e. The summed E-state index contributed by atoms with van der Waals surface area (Å²) in [6, 6.07) is 4.82. The van der Waals surface area contributed by atoms with E-state index in [9.17, 15) is 13.2 Å². The van der Waals surface area contributed by atoms with Gasteiger partial charge in [-0.1, -0.05) is 29.3 Å². The summed E-state index contributed by atoms with van der Waals surface area (Å²) < 4.78 is 38.2. The highest BCUT2D eigenvalue weighted by Crippen LogP contribution is 2.33. The number of halogens is 6. The summed E-state index contributed by atoms with van der Waals surface area (Å²) in [6.07, 6.45) is -2.99. The van der Waals surface area contributed by atoms with Gasteiger partial charge in [0.05, 0.1) is 5.02 Å². The lowest BCUT2D eigenvalue weighted by atomic mass is 10.1. The van der Waals surface area contributed by atoms with Crippen LogP contribution in [0.25, 0.3) is 11.1 Å². The van der Waals surface area contributed by atoms with Crippen molar-refractivity contribution >= 4 is 45.8 Å². The Kier molecular flexibility index (Phi) is 4.32. The number of aromatic nitrogens is 2. The first-order valence-electron chi connectivity index (χ1n) is 5.01. The topological polar surface area (TPSA) is 17.8 Å². The van der Waals surface area contributed by atoms with Gasteiger partial charge in [-0.2, -0.15) is 18.3 Å². The Hall–Kier alpha value is -0.470. The molecule has 0 radical (unpaired) electrons. The molecule has 1 aromatic carbocycles. The van der Waals surface area contributed by atoms with Crippen LogP contribution in [0.1, 0.15) is 0 Å². The fourth-order valence-electron chi connectivity index (χ4n) is 1.55. The van der Waals surface area contributed by atoms with Gasteiger partial charge >= 0.3 is 6.18 Å². The zero-order valence-corrected chi connectivity index (χ0v) is 12.8. The van der Waals surface area contributed by atoms with Crippen LogP contribution in [0, 0.1) is 3.70 Å². The van der Waals surface area contributed by atoms with E-state index >= 15 is 0 Å². The van der Waals surface area contributed by atoms with Gasteiger partial charge in [0.1, 0.15) is 10.2 Å². The van der Waals surface area contributed by atoms with Crippen LogP contribution in [-0.2, 0) is 6.54 Å². The summed E-state index contributed by atoms with van der Waals surface area (Å²) in [5.41, 5.74) is 1.15. The van der Waals surface area contributed by atoms with Gasteiger partial charge in [-0.3, -0.25) is 4.68 Å². The Labute approximate surface area is 130 Å². The van der Waals surface area contributed by atoms with Crippen LogP contribution in [0.4, 0.5) is 13.2 Å². The molecule has 0 saturated carbocycles. The molecule has 0 spiro atoms. The molecule has 0 atom stereocenters. The summed E-state index contributed by atoms with van der Waals surface area (Å²) in [6.45, 7) is -1.13. The first-order valence-corrected chi connectivity index (χ1v) is 6.85. The monoisotopic (exact) mass is 420 g/mol. The molecular weight excluding hydrogens is 415 g/mol. The molecule has 102 valence electrons. The summed E-state index contributed by atoms with van der Waals surface area (Å²) in [5, 5.41) is 4.66. The summed E-state index contributed by atoms with van der Waals surface area (Å²) in [4.78, 5) is 0. The molecule has 0 fully saturated rings. The van der Waals surface area contributed by atoms with Gasteiger partial charge in [0.15, 0.2) is 0 Å². The van der Waals surface area contributed by atoms with Crippen LogP contribution in [0.5, 0.6) is 0 Å². The van der Waals surface area contributed by atoms with Crippen molar-refractivity contribution in [2.75, 3.05) is 0 Å². The number of hydrogen-bond acceptors (Lipinski definition) is 1. The van der Waals surface area contributed by atoms with E-state index in [1.54, 1.807) is 12.1 Å². The molecule has 1 aromatic heterocycles. The van der Waals surface area contributed by atoms with Crippen molar-refractivity contribution < 1.29 is 13.2 Å². The molecule has 0 aliphatic carbocycles. The predicted molar refractivity (Wildman–Crippen MR) is 76.5 cm³/mol. The second-order valence-corrected chi connectivity index (χ2v) is 5.64. The average Bonchev–Trinajstić information content (AvgIpc) is 2.56. The van der Waals surface area contributed by atoms with Gasteiger partial charge in [-0.15, -0.1) is 0 Å². The van der Waals surface area contributed by atoms with E-state index < -0.39 is 12.7 Å². The molecule has 2 aromatic rings. The Morgan fingerprint density at radius 3 is 2.47 bits per heavy atom. The largest absolute Gasteiger partial charge is 0.408 e. The highest BCUT2D eigenvalue weighted by atomic mass is 127. The smallest absolute Gasteiger partial charge is 0.262 e. The van der Waals surface area contributed by atoms with Crippen molar-refractivity contribution in [1.29, 1.82) is 0 Å². The Morgan fingerprint density at radius 2 is 1.89 bits per heavy atom. The summed E-state index contributed by atoms with van der Waals surface area (Å²) >= 11 is 13.7. The molecule has 0 aliphatic heterocycles. The Balaban J connectivity index is 2.40. The molecule has 0 N–H and O–H groups in total. The van der Waals surface area contributed by atoms with Crippen molar-refractivity contribution in [2.24, 2.45) is 0 Å². The highest BCUT2D eigenvalue weighted by Gasteiger charge is 2.29. The van der Waals surface area contributed by atoms with Crippen LogP contribution < -0.4 is 0 Å². The lowest BCUT2D eigenvalue weighted by Crippen LogP contribution is -2.17. The summed E-state index contributed by atoms with van der Waals surface area (Å²) in [5.74, 6) is 0. The van der Waals surface area contributed by atoms with E-state index in [0.717, 1.165) is 4.68 Å². The van der Waals surface area contributed by atoms with Gasteiger partial charge in [0.25, 0.3) is 0 Å². The molecule has 19 heavy (non-hydrogen) atoms. The van der Waals surface area contributed by atoms with Crippen LogP contribution >= 0.6 is 45.8 Å². The van der Waals surface area contributed by atoms with E-state index in [4.69, 9.17) is 23.2 Å². The van der Waals surface area contributed by atoms with Crippen LogP contribution in [0.15, 0.2) is 24.4 Å². The van der Waals surface area contributed by atoms with Crippen molar-refractivity contribution in [2.45, 2.75) is 12.7 Å². The lowest BCUT2D eigenvalue weighted by molar-refractivity contribution is -0.142. The van der Waals surface area contributed by atoms with Crippen molar-refractivity contribution in [1.82, 2.24) is 9.78 Å². The standard InChI is InChI=1S/C11H6Cl2F3IN2/c12-6-1-2-7(9(13)3-6)8-4-19(18-10(8)17)5-11(14,15)16/h1-4H,5H2. The molecule has 0 amide bonds. The Morgan fingerprint density at radius 1 is 1.21 bits per heavy atom. The van der Waals surface area contributed by atoms with Crippen LogP contribution in [0.3, 0.4) is 0 Å². The second-order valence-electron chi connectivity index (χ2n) is 3.77. The van der Waals surface area contributed by atoms with E-state index in [0.29, 0.717) is 24.9 Å². The van der Waals surface area contributed by atoms with E-state index in [1.165, 1.54) is 12.3 Å². The zero-order valence-electron chi connectivity index (χ0n) is 9.18. The molecule has 8 heteroatoms. The fraction of sp³-hybridized carbons (Fsp3) is 0.182. The van der Waals surface area contributed by atoms with Crippen molar-refractivity contribution in [3.05, 3.63) is 38.1 Å². The van der Waals surface area contributed by atoms with Gasteiger partial charge in [0, 0.05) is 22.3 Å². The minimum Gasteiger partial charge on any atom is -0.262 e. The number of hydrogen-bond donors (Lipinski definition) is 0. The number of benzene rings is 1. The lowest BCUT2D eigenvalue weighted by Gasteiger charge is -2.05. The second kappa shape index (κ2) is 5.49. The van der Waals surface area contributed by atoms with Crippen molar-refractivity contribution in [3.63, 3.8) is 0 Å². The highest BCUT2D eigenvalue weighted by molar-refractivity contribution is 14.1. The molecule has 0 bridgehead atoms. The third kappa shape index (κ3) is 3.76. The first-order chi connectivity index (χ1) is 8.76. The molecule has 2 rings (SSSR count). The van der Waals surface area contributed by atoms with Gasteiger partial charge < -0.3 is 0 Å². The minimum absolute atomic E-state index is 0.372. The minimum atomic E-state index is -4.31. The molecule has 2 nitrogen and oxygen atoms in total. The molecule has 1 heterocycles.